The van der Waals surface area contributed by atoms with Crippen LogP contribution in [-0.2, 0) is 0 Å². The Kier molecular flexibility index (Phi) is 3.92. The second-order valence-electron chi connectivity index (χ2n) is 5.20. The van der Waals surface area contributed by atoms with Crippen LogP contribution in [0.15, 0.2) is 29.8 Å². The molecule has 0 N–H and O–H groups in total. The quantitative estimate of drug-likeness (QED) is 0.872. The van der Waals surface area contributed by atoms with Crippen molar-refractivity contribution < 1.29 is 9.53 Å². The topological polar surface area (TPSA) is 42.4 Å². The summed E-state index contributed by atoms with van der Waals surface area (Å²) in [6, 6.07) is 8.16. The van der Waals surface area contributed by atoms with E-state index in [0.717, 1.165) is 35.7 Å². The molecule has 0 saturated carbocycles. The number of rotatable bonds is 3. The number of carbonyl (C=O) groups excluding carboxylic acids is 1. The Morgan fingerprint density at radius 2 is 2.14 bits per heavy atom. The van der Waals surface area contributed by atoms with Crippen LogP contribution in [-0.4, -0.2) is 29.4 Å². The van der Waals surface area contributed by atoms with Crippen LogP contribution >= 0.6 is 11.3 Å². The molecule has 0 radical (unpaired) electrons. The van der Waals surface area contributed by atoms with E-state index in [0.29, 0.717) is 0 Å². The molecule has 1 aromatic carbocycles. The van der Waals surface area contributed by atoms with Gasteiger partial charge in [0, 0.05) is 6.54 Å². The number of benzene rings is 1. The van der Waals surface area contributed by atoms with Crippen LogP contribution in [0.5, 0.6) is 5.75 Å². The summed E-state index contributed by atoms with van der Waals surface area (Å²) >= 11 is 1.43. The zero-order chi connectivity index (χ0) is 14.8. The molecule has 2 heterocycles. The van der Waals surface area contributed by atoms with E-state index in [1.54, 1.807) is 12.6 Å². The third kappa shape index (κ3) is 2.65. The van der Waals surface area contributed by atoms with Crippen LogP contribution in [0.3, 0.4) is 0 Å². The van der Waals surface area contributed by atoms with Crippen molar-refractivity contribution in [3.63, 3.8) is 0 Å². The molecular formula is C16H18N2O2S. The molecule has 5 heteroatoms. The normalized spacial score (nSPS) is 18.0. The van der Waals surface area contributed by atoms with Gasteiger partial charge in [-0.25, -0.2) is 4.98 Å². The third-order valence-electron chi connectivity index (χ3n) is 3.95. The van der Waals surface area contributed by atoms with E-state index in [9.17, 15) is 4.79 Å². The lowest BCUT2D eigenvalue weighted by Gasteiger charge is -2.25. The molecular weight excluding hydrogens is 284 g/mol. The summed E-state index contributed by atoms with van der Waals surface area (Å²) in [5.74, 6) is 0.946. The molecule has 110 valence electrons. The largest absolute Gasteiger partial charge is 0.497 e. The number of aryl methyl sites for hydroxylation is 1. The molecule has 1 saturated heterocycles. The van der Waals surface area contributed by atoms with E-state index in [1.165, 1.54) is 16.9 Å². The van der Waals surface area contributed by atoms with E-state index in [-0.39, 0.29) is 11.9 Å². The summed E-state index contributed by atoms with van der Waals surface area (Å²) in [7, 11) is 1.66. The Balaban J connectivity index is 1.85. The number of likely N-dealkylation sites (tertiary alicyclic amines) is 1. The van der Waals surface area contributed by atoms with Crippen LogP contribution in [0.25, 0.3) is 0 Å². The van der Waals surface area contributed by atoms with Crippen LogP contribution < -0.4 is 4.74 Å². The van der Waals surface area contributed by atoms with Crippen LogP contribution in [0.1, 0.15) is 39.8 Å². The molecule has 1 fully saturated rings. The van der Waals surface area contributed by atoms with Gasteiger partial charge in [0.15, 0.2) is 0 Å². The minimum atomic E-state index is 0.105. The number of carbonyl (C=O) groups is 1. The van der Waals surface area contributed by atoms with Crippen LogP contribution in [0, 0.1) is 6.92 Å². The first-order chi connectivity index (χ1) is 10.2. The predicted octanol–water partition coefficient (Wildman–Crippen LogP) is 3.44. The van der Waals surface area contributed by atoms with Gasteiger partial charge in [-0.2, -0.15) is 0 Å². The van der Waals surface area contributed by atoms with E-state index in [1.807, 2.05) is 24.0 Å². The highest BCUT2D eigenvalue weighted by Gasteiger charge is 2.31. The molecule has 1 aromatic heterocycles. The van der Waals surface area contributed by atoms with Gasteiger partial charge in [-0.3, -0.25) is 4.79 Å². The van der Waals surface area contributed by atoms with Gasteiger partial charge in [-0.15, -0.1) is 11.3 Å². The van der Waals surface area contributed by atoms with Gasteiger partial charge < -0.3 is 9.64 Å². The molecule has 0 bridgehead atoms. The molecule has 4 nitrogen and oxygen atoms in total. The molecule has 3 rings (SSSR count). The standard InChI is InChI=1S/C16H18N2O2S/c1-11-15(21-10-17-11)16(19)18-9-3-4-14(18)12-5-7-13(20-2)8-6-12/h5-8,10,14H,3-4,9H2,1-2H3/t14-/m1/s1. The van der Waals surface area contributed by atoms with Crippen molar-refractivity contribution in [2.45, 2.75) is 25.8 Å². The zero-order valence-corrected chi connectivity index (χ0v) is 13.0. The monoisotopic (exact) mass is 302 g/mol. The first-order valence-electron chi connectivity index (χ1n) is 7.05. The molecule has 0 spiro atoms. The van der Waals surface area contributed by atoms with Gasteiger partial charge in [0.05, 0.1) is 24.4 Å². The molecule has 0 aliphatic carbocycles. The van der Waals surface area contributed by atoms with Crippen molar-refractivity contribution in [2.24, 2.45) is 0 Å². The Morgan fingerprint density at radius 1 is 1.38 bits per heavy atom. The maximum Gasteiger partial charge on any atom is 0.266 e. The van der Waals surface area contributed by atoms with E-state index >= 15 is 0 Å². The van der Waals surface area contributed by atoms with Crippen molar-refractivity contribution in [1.29, 1.82) is 0 Å². The van der Waals surface area contributed by atoms with Crippen LogP contribution in [0.2, 0.25) is 0 Å². The molecule has 1 aliphatic heterocycles. The minimum absolute atomic E-state index is 0.105. The smallest absolute Gasteiger partial charge is 0.266 e. The summed E-state index contributed by atoms with van der Waals surface area (Å²) < 4.78 is 5.19. The van der Waals surface area contributed by atoms with Gasteiger partial charge in [-0.1, -0.05) is 12.1 Å². The fourth-order valence-corrected chi connectivity index (χ4v) is 3.58. The molecule has 21 heavy (non-hydrogen) atoms. The van der Waals surface area contributed by atoms with Crippen molar-refractivity contribution in [3.05, 3.63) is 45.9 Å². The number of amides is 1. The fourth-order valence-electron chi connectivity index (χ4n) is 2.82. The number of methoxy groups -OCH3 is 1. The van der Waals surface area contributed by atoms with E-state index in [4.69, 9.17) is 4.74 Å². The maximum absolute atomic E-state index is 12.7. The SMILES string of the molecule is COc1ccc([C@H]2CCCN2C(=O)c2scnc2C)cc1. The van der Waals surface area contributed by atoms with Crippen molar-refractivity contribution in [1.82, 2.24) is 9.88 Å². The van der Waals surface area contributed by atoms with Gasteiger partial charge >= 0.3 is 0 Å². The van der Waals surface area contributed by atoms with E-state index < -0.39 is 0 Å². The highest BCUT2D eigenvalue weighted by atomic mass is 32.1. The number of nitrogens with zero attached hydrogens (tertiary/aromatic N) is 2. The number of hydrogen-bond donors (Lipinski definition) is 0. The third-order valence-corrected chi connectivity index (χ3v) is 4.87. The summed E-state index contributed by atoms with van der Waals surface area (Å²) in [5.41, 5.74) is 3.73. The van der Waals surface area contributed by atoms with Gasteiger partial charge in [0.1, 0.15) is 10.6 Å². The maximum atomic E-state index is 12.7. The van der Waals surface area contributed by atoms with Gasteiger partial charge in [0.25, 0.3) is 5.91 Å². The average Bonchev–Trinajstić information content (AvgIpc) is 3.15. The Labute approximate surface area is 128 Å². The Bertz CT molecular complexity index is 636. The minimum Gasteiger partial charge on any atom is -0.497 e. The van der Waals surface area contributed by atoms with Crippen molar-refractivity contribution in [3.8, 4) is 5.75 Å². The molecule has 1 aliphatic rings. The lowest BCUT2D eigenvalue weighted by Crippen LogP contribution is -2.30. The average molecular weight is 302 g/mol. The number of ether oxygens (including phenoxy) is 1. The summed E-state index contributed by atoms with van der Waals surface area (Å²) in [4.78, 5) is 19.6. The second-order valence-corrected chi connectivity index (χ2v) is 6.05. The van der Waals surface area contributed by atoms with Crippen molar-refractivity contribution >= 4 is 17.2 Å². The molecule has 1 atom stereocenters. The lowest BCUT2D eigenvalue weighted by atomic mass is 10.0. The first-order valence-corrected chi connectivity index (χ1v) is 7.93. The van der Waals surface area contributed by atoms with Gasteiger partial charge in [0.2, 0.25) is 0 Å². The number of aromatic nitrogens is 1. The van der Waals surface area contributed by atoms with Crippen LogP contribution in [0.4, 0.5) is 0 Å². The summed E-state index contributed by atoms with van der Waals surface area (Å²) in [5, 5.41) is 0. The Hall–Kier alpha value is -1.88. The molecule has 2 aromatic rings. The fraction of sp³-hybridized carbons (Fsp3) is 0.375. The highest BCUT2D eigenvalue weighted by molar-refractivity contribution is 7.11. The van der Waals surface area contributed by atoms with Gasteiger partial charge in [-0.05, 0) is 37.5 Å². The second kappa shape index (κ2) is 5.85. The predicted molar refractivity (Wildman–Crippen MR) is 82.9 cm³/mol. The highest BCUT2D eigenvalue weighted by Crippen LogP contribution is 2.34. The van der Waals surface area contributed by atoms with E-state index in [2.05, 4.69) is 17.1 Å². The first kappa shape index (κ1) is 14.1. The Morgan fingerprint density at radius 3 is 2.76 bits per heavy atom. The summed E-state index contributed by atoms with van der Waals surface area (Å²) in [6.45, 7) is 2.70. The lowest BCUT2D eigenvalue weighted by molar-refractivity contribution is 0.0739. The zero-order valence-electron chi connectivity index (χ0n) is 12.2. The number of thiazole rings is 1. The van der Waals surface area contributed by atoms with Crippen molar-refractivity contribution in [2.75, 3.05) is 13.7 Å². The summed E-state index contributed by atoms with van der Waals surface area (Å²) in [6.07, 6.45) is 2.05. The number of hydrogen-bond acceptors (Lipinski definition) is 4. The molecule has 1 amide bonds. The molecule has 0 unspecified atom stereocenters.